The van der Waals surface area contributed by atoms with Crippen molar-refractivity contribution in [3.8, 4) is 11.5 Å². The Balaban J connectivity index is 1.82. The number of nitrogens with one attached hydrogen (secondary N) is 1. The lowest BCUT2D eigenvalue weighted by Gasteiger charge is -2.10. The molecule has 0 aliphatic carbocycles. The van der Waals surface area contributed by atoms with Crippen LogP contribution in [0.15, 0.2) is 34.7 Å². The van der Waals surface area contributed by atoms with Crippen LogP contribution in [-0.2, 0) is 5.88 Å². The molecule has 0 saturated carbocycles. The van der Waals surface area contributed by atoms with Crippen molar-refractivity contribution in [2.75, 3.05) is 20.3 Å². The molecule has 1 aromatic heterocycles. The van der Waals surface area contributed by atoms with Crippen LogP contribution in [0.4, 0.5) is 0 Å². The summed E-state index contributed by atoms with van der Waals surface area (Å²) in [6.07, 6.45) is 0. The molecule has 0 radical (unpaired) electrons. The first-order valence-electron chi connectivity index (χ1n) is 6.85. The van der Waals surface area contributed by atoms with Crippen molar-refractivity contribution in [2.24, 2.45) is 0 Å². The van der Waals surface area contributed by atoms with Gasteiger partial charge in [-0.2, -0.15) is 0 Å². The van der Waals surface area contributed by atoms with Crippen LogP contribution >= 0.6 is 11.6 Å². The van der Waals surface area contributed by atoms with Gasteiger partial charge in [0.25, 0.3) is 5.91 Å². The third-order valence-corrected chi connectivity index (χ3v) is 3.39. The van der Waals surface area contributed by atoms with E-state index in [0.29, 0.717) is 36.3 Å². The van der Waals surface area contributed by atoms with Crippen molar-refractivity contribution in [3.05, 3.63) is 47.4 Å². The molecule has 5 nitrogen and oxygen atoms in total. The van der Waals surface area contributed by atoms with Crippen LogP contribution in [0, 0.1) is 6.92 Å². The Bertz CT molecular complexity index is 639. The van der Waals surface area contributed by atoms with Gasteiger partial charge in [-0.1, -0.05) is 12.1 Å². The standard InChI is InChI=1S/C16H18ClNO4/c1-11-12(10-17)9-15(22-11)16(19)18-7-8-21-14-6-4-3-5-13(14)20-2/h3-6,9H,7-8,10H2,1-2H3,(H,18,19). The SMILES string of the molecule is COc1ccccc1OCCNC(=O)c1cc(CCl)c(C)o1. The molecule has 0 saturated heterocycles. The summed E-state index contributed by atoms with van der Waals surface area (Å²) in [6, 6.07) is 8.99. The van der Waals surface area contributed by atoms with Crippen LogP contribution in [0.3, 0.4) is 0 Å². The normalized spacial score (nSPS) is 10.3. The average molecular weight is 324 g/mol. The number of benzene rings is 1. The van der Waals surface area contributed by atoms with Gasteiger partial charge in [0.1, 0.15) is 12.4 Å². The van der Waals surface area contributed by atoms with E-state index in [1.54, 1.807) is 20.1 Å². The average Bonchev–Trinajstić information content (AvgIpc) is 2.92. The summed E-state index contributed by atoms with van der Waals surface area (Å²) >= 11 is 5.75. The Hall–Kier alpha value is -2.14. The maximum absolute atomic E-state index is 11.9. The number of hydrogen-bond donors (Lipinski definition) is 1. The van der Waals surface area contributed by atoms with Crippen molar-refractivity contribution in [3.63, 3.8) is 0 Å². The van der Waals surface area contributed by atoms with E-state index in [1.807, 2.05) is 24.3 Å². The van der Waals surface area contributed by atoms with Crippen molar-refractivity contribution >= 4 is 17.5 Å². The van der Waals surface area contributed by atoms with E-state index in [1.165, 1.54) is 0 Å². The number of hydrogen-bond acceptors (Lipinski definition) is 4. The smallest absolute Gasteiger partial charge is 0.287 e. The number of ether oxygens (including phenoxy) is 2. The van der Waals surface area contributed by atoms with E-state index in [9.17, 15) is 4.79 Å². The molecule has 1 heterocycles. The van der Waals surface area contributed by atoms with Crippen LogP contribution in [0.5, 0.6) is 11.5 Å². The van der Waals surface area contributed by atoms with Crippen LogP contribution < -0.4 is 14.8 Å². The largest absolute Gasteiger partial charge is 0.493 e. The predicted octanol–water partition coefficient (Wildman–Crippen LogP) is 3.14. The second-order valence-corrected chi connectivity index (χ2v) is 4.85. The van der Waals surface area contributed by atoms with Gasteiger partial charge in [-0.15, -0.1) is 11.6 Å². The Morgan fingerprint density at radius 2 is 2.05 bits per heavy atom. The topological polar surface area (TPSA) is 60.7 Å². The summed E-state index contributed by atoms with van der Waals surface area (Å²) in [5.41, 5.74) is 0.817. The number of halogens is 1. The molecule has 22 heavy (non-hydrogen) atoms. The van der Waals surface area contributed by atoms with E-state index < -0.39 is 0 Å². The second-order valence-electron chi connectivity index (χ2n) is 4.58. The third-order valence-electron chi connectivity index (χ3n) is 3.10. The lowest BCUT2D eigenvalue weighted by Crippen LogP contribution is -2.27. The number of furan rings is 1. The zero-order valence-corrected chi connectivity index (χ0v) is 13.3. The highest BCUT2D eigenvalue weighted by Gasteiger charge is 2.13. The van der Waals surface area contributed by atoms with Crippen molar-refractivity contribution in [1.29, 1.82) is 0 Å². The number of carbonyl (C=O) groups excluding carboxylic acids is 1. The van der Waals surface area contributed by atoms with Gasteiger partial charge in [-0.05, 0) is 25.1 Å². The molecule has 2 rings (SSSR count). The summed E-state index contributed by atoms with van der Waals surface area (Å²) in [5.74, 6) is 2.23. The van der Waals surface area contributed by atoms with Crippen molar-refractivity contribution in [2.45, 2.75) is 12.8 Å². The highest BCUT2D eigenvalue weighted by atomic mass is 35.5. The van der Waals surface area contributed by atoms with E-state index in [-0.39, 0.29) is 11.7 Å². The molecular weight excluding hydrogens is 306 g/mol. The van der Waals surface area contributed by atoms with Crippen molar-refractivity contribution in [1.82, 2.24) is 5.32 Å². The summed E-state index contributed by atoms with van der Waals surface area (Å²) in [7, 11) is 1.58. The number of methoxy groups -OCH3 is 1. The zero-order chi connectivity index (χ0) is 15.9. The lowest BCUT2D eigenvalue weighted by atomic mass is 10.3. The number of rotatable bonds is 7. The molecule has 1 amide bonds. The molecule has 0 bridgehead atoms. The molecule has 6 heteroatoms. The first-order valence-corrected chi connectivity index (χ1v) is 7.38. The van der Waals surface area contributed by atoms with Crippen LogP contribution in [0.1, 0.15) is 21.9 Å². The second kappa shape index (κ2) is 7.75. The Morgan fingerprint density at radius 1 is 1.32 bits per heavy atom. The summed E-state index contributed by atoms with van der Waals surface area (Å²) in [6.45, 7) is 2.46. The highest BCUT2D eigenvalue weighted by Crippen LogP contribution is 2.25. The maximum atomic E-state index is 11.9. The quantitative estimate of drug-likeness (QED) is 0.628. The minimum atomic E-state index is -0.289. The van der Waals surface area contributed by atoms with Crippen LogP contribution in [-0.4, -0.2) is 26.2 Å². The van der Waals surface area contributed by atoms with Gasteiger partial charge in [-0.25, -0.2) is 0 Å². The van der Waals surface area contributed by atoms with Gasteiger partial charge >= 0.3 is 0 Å². The minimum absolute atomic E-state index is 0.255. The number of alkyl halides is 1. The van der Waals surface area contributed by atoms with Gasteiger partial charge in [0, 0.05) is 5.56 Å². The monoisotopic (exact) mass is 323 g/mol. The Labute approximate surface area is 134 Å². The molecule has 1 N–H and O–H groups in total. The first-order chi connectivity index (χ1) is 10.7. The fraction of sp³-hybridized carbons (Fsp3) is 0.312. The summed E-state index contributed by atoms with van der Waals surface area (Å²) < 4.78 is 16.1. The minimum Gasteiger partial charge on any atom is -0.493 e. The zero-order valence-electron chi connectivity index (χ0n) is 12.5. The molecule has 0 unspecified atom stereocenters. The van der Waals surface area contributed by atoms with Crippen LogP contribution in [0.25, 0.3) is 0 Å². The summed E-state index contributed by atoms with van der Waals surface area (Å²) in [5, 5.41) is 2.73. The molecular formula is C16H18ClNO4. The Morgan fingerprint density at radius 3 is 2.68 bits per heavy atom. The van der Waals surface area contributed by atoms with Gasteiger partial charge in [0.2, 0.25) is 0 Å². The molecule has 1 aromatic carbocycles. The molecule has 0 aliphatic heterocycles. The number of carbonyl (C=O) groups is 1. The van der Waals surface area contributed by atoms with Crippen LogP contribution in [0.2, 0.25) is 0 Å². The van der Waals surface area contributed by atoms with Crippen molar-refractivity contribution < 1.29 is 18.7 Å². The molecule has 0 spiro atoms. The van der Waals surface area contributed by atoms with Gasteiger partial charge in [-0.3, -0.25) is 4.79 Å². The van der Waals surface area contributed by atoms with E-state index >= 15 is 0 Å². The molecule has 0 aliphatic rings. The third kappa shape index (κ3) is 3.95. The number of para-hydroxylation sites is 2. The van der Waals surface area contributed by atoms with Gasteiger partial charge in [0.15, 0.2) is 17.3 Å². The van der Waals surface area contributed by atoms with Gasteiger partial charge < -0.3 is 19.2 Å². The highest BCUT2D eigenvalue weighted by molar-refractivity contribution is 6.17. The maximum Gasteiger partial charge on any atom is 0.287 e. The van der Waals surface area contributed by atoms with E-state index in [0.717, 1.165) is 5.56 Å². The fourth-order valence-electron chi connectivity index (χ4n) is 1.92. The van der Waals surface area contributed by atoms with E-state index in [2.05, 4.69) is 5.32 Å². The molecule has 0 atom stereocenters. The predicted molar refractivity (Wildman–Crippen MR) is 83.8 cm³/mol. The fourth-order valence-corrected chi connectivity index (χ4v) is 2.18. The molecule has 2 aromatic rings. The first kappa shape index (κ1) is 16.2. The lowest BCUT2D eigenvalue weighted by molar-refractivity contribution is 0.0918. The molecule has 118 valence electrons. The Kier molecular flexibility index (Phi) is 5.72. The number of amides is 1. The van der Waals surface area contributed by atoms with E-state index in [4.69, 9.17) is 25.5 Å². The number of aryl methyl sites for hydroxylation is 1. The van der Waals surface area contributed by atoms with Gasteiger partial charge in [0.05, 0.1) is 19.5 Å². The molecule has 0 fully saturated rings. The summed E-state index contributed by atoms with van der Waals surface area (Å²) in [4.78, 5) is 11.9.